The minimum atomic E-state index is -3.98. The molecule has 0 bridgehead atoms. The van der Waals surface area contributed by atoms with Gasteiger partial charge in [-0.3, -0.25) is 35.8 Å². The molecule has 10 heterocycles. The van der Waals surface area contributed by atoms with E-state index in [9.17, 15) is 44.0 Å². The molecule has 2 aliphatic rings. The maximum Gasteiger partial charge on any atom is 0.330 e. The van der Waals surface area contributed by atoms with E-state index in [2.05, 4.69) is 35.0 Å². The molecule has 504 valence electrons. The van der Waals surface area contributed by atoms with E-state index in [1.165, 1.54) is 65.8 Å². The molecule has 0 radical (unpaired) electrons. The molecule has 4 N–H and O–H groups in total. The largest absolute Gasteiger partial charge is 0.489 e. The quantitative estimate of drug-likeness (QED) is 0.0700. The molecule has 35 heteroatoms. The zero-order valence-corrected chi connectivity index (χ0v) is 54.6. The molecule has 0 aliphatic carbocycles. The molecule has 13 rings (SSSR count). The fourth-order valence-corrected chi connectivity index (χ4v) is 12.4. The lowest BCUT2D eigenvalue weighted by molar-refractivity contribution is 0.247. The van der Waals surface area contributed by atoms with Crippen molar-refractivity contribution >= 4 is 88.6 Å². The third-order valence-corrected chi connectivity index (χ3v) is 18.6. The summed E-state index contributed by atoms with van der Waals surface area (Å²) in [5.41, 5.74) is 15.4. The second-order valence-electron chi connectivity index (χ2n) is 22.3. The molecule has 0 spiro atoms. The number of anilines is 4. The van der Waals surface area contributed by atoms with Crippen LogP contribution in [0.25, 0.3) is 56.8 Å². The molecule has 2 fully saturated rings. The number of piperazine rings is 1. The summed E-state index contributed by atoms with van der Waals surface area (Å²) in [6, 6.07) is 17.6. The molecule has 0 saturated carbocycles. The third-order valence-electron chi connectivity index (χ3n) is 15.8. The molecule has 2 aliphatic heterocycles. The summed E-state index contributed by atoms with van der Waals surface area (Å²) in [6.07, 6.45) is 9.28. The average molecular weight is 1370 g/mol. The predicted octanol–water partition coefficient (Wildman–Crippen LogP) is 5.52. The minimum absolute atomic E-state index is 0.00958. The number of ether oxygens (including phenoxy) is 2. The van der Waals surface area contributed by atoms with Crippen molar-refractivity contribution in [2.45, 2.75) is 44.2 Å². The first kappa shape index (κ1) is 67.0. The van der Waals surface area contributed by atoms with Crippen LogP contribution in [-0.4, -0.2) is 169 Å². The highest BCUT2D eigenvalue weighted by Crippen LogP contribution is 2.32. The number of fused-ring (bicyclic) bond motifs is 6. The van der Waals surface area contributed by atoms with Crippen molar-refractivity contribution in [3.8, 4) is 34.7 Å². The molecule has 0 unspecified atom stereocenters. The number of nitrogen functional groups attached to an aromatic ring is 2. The van der Waals surface area contributed by atoms with Crippen molar-refractivity contribution in [3.63, 3.8) is 0 Å². The van der Waals surface area contributed by atoms with E-state index in [4.69, 9.17) is 34.0 Å². The fourth-order valence-electron chi connectivity index (χ4n) is 10.9. The normalized spacial score (nSPS) is 14.5. The number of nitrogens with two attached hydrogens (primary N) is 2. The molecule has 0 amide bonds. The van der Waals surface area contributed by atoms with Gasteiger partial charge in [-0.25, -0.2) is 37.1 Å². The molecule has 3 aromatic carbocycles. The number of benzene rings is 3. The summed E-state index contributed by atoms with van der Waals surface area (Å²) < 4.78 is 139. The van der Waals surface area contributed by atoms with Crippen molar-refractivity contribution < 1.29 is 56.9 Å². The van der Waals surface area contributed by atoms with Crippen LogP contribution in [-0.2, 0) is 63.1 Å². The second kappa shape index (κ2) is 28.6. The SMILES string of the molecule is C[S@](=O)CCOc1cc(N2CCCCC2)c(F)cc1F.Cc1ccc(S(=O)(=O)OCCn2c(=O)n(C)c3c2nc(N)n2nc(-c4ccco4)nc32)cc1.Cn1c(=O)n(CCN2CCN(c3cc(OCC[S@](C)=O)c(F)cc3F)CC2)c2nc(N)n3nc(-c4ccco4)nc3c21. The molecular weight excluding hydrogens is 1310 g/mol. The highest BCUT2D eigenvalue weighted by molar-refractivity contribution is 7.86. The van der Waals surface area contributed by atoms with Gasteiger partial charge in [0.2, 0.25) is 23.5 Å². The number of hydrogen-bond donors (Lipinski definition) is 2. The van der Waals surface area contributed by atoms with Gasteiger partial charge in [-0.1, -0.05) is 17.7 Å². The van der Waals surface area contributed by atoms with Gasteiger partial charge in [0.25, 0.3) is 10.1 Å². The Morgan fingerprint density at radius 3 is 1.48 bits per heavy atom. The monoisotopic (exact) mass is 1370 g/mol. The van der Waals surface area contributed by atoms with E-state index in [0.717, 1.165) is 50.0 Å². The van der Waals surface area contributed by atoms with Crippen LogP contribution in [0.1, 0.15) is 24.8 Å². The maximum atomic E-state index is 14.7. The van der Waals surface area contributed by atoms with Gasteiger partial charge in [0.05, 0.1) is 66.7 Å². The summed E-state index contributed by atoms with van der Waals surface area (Å²) in [5, 5.41) is 8.71. The van der Waals surface area contributed by atoms with Crippen LogP contribution in [0.4, 0.5) is 40.8 Å². The van der Waals surface area contributed by atoms with E-state index in [-0.39, 0.29) is 83.3 Å². The van der Waals surface area contributed by atoms with Gasteiger partial charge in [0, 0.05) is 125 Å². The number of aromatic nitrogens is 12. The van der Waals surface area contributed by atoms with Crippen molar-refractivity contribution in [1.29, 1.82) is 0 Å². The number of piperidine rings is 1. The molecule has 8 aromatic heterocycles. The van der Waals surface area contributed by atoms with Crippen LogP contribution in [0.15, 0.2) is 109 Å². The highest BCUT2D eigenvalue weighted by atomic mass is 32.2. The summed E-state index contributed by atoms with van der Waals surface area (Å²) in [6.45, 7) is 6.36. The molecule has 95 heavy (non-hydrogen) atoms. The van der Waals surface area contributed by atoms with Gasteiger partial charge in [0.1, 0.15) is 22.7 Å². The first-order chi connectivity index (χ1) is 45.5. The standard InChI is InChI=1S/C26H29F2N9O4S.C20H19N7O5S.C14H19F2NO2S/c1-33-21-23(31-25(29)37-24(21)30-22(32-37)19-4-3-11-40-19)36(26(33)38)10-7-34-5-8-35(9-6-34)18-15-20(17(28)14-16(18)27)41-12-13-42(2)39;1-12-5-7-13(8-6-12)33(29,30)32-11-9-26-17-15(25(2)20(26)28)18-22-16(14-4-3-10-31-14)24-27(18)19(21)23-17;1-20(18)8-7-19-14-10-13(11(15)9-12(14)16)17-5-3-2-4-6-17/h3-4,11,14-15H,5-10,12-13H2,1-2H3,(H2,29,31);3-8,10H,9,11H2,1-2H3,(H2,21,23);9-10H,2-8H2,1H3/t42-;;20-/m0.0/s1. The Balaban J connectivity index is 0.000000154. The predicted molar refractivity (Wildman–Crippen MR) is 348 cm³/mol. The van der Waals surface area contributed by atoms with Crippen LogP contribution in [0.2, 0.25) is 0 Å². The van der Waals surface area contributed by atoms with Gasteiger partial charge in [-0.15, -0.1) is 10.2 Å². The summed E-state index contributed by atoms with van der Waals surface area (Å²) in [4.78, 5) is 49.9. The lowest BCUT2D eigenvalue weighted by atomic mass is 10.1. The van der Waals surface area contributed by atoms with Gasteiger partial charge >= 0.3 is 11.4 Å². The molecule has 28 nitrogen and oxygen atoms in total. The first-order valence-corrected chi connectivity index (χ1v) is 34.7. The Hall–Kier alpha value is -9.45. The highest BCUT2D eigenvalue weighted by Gasteiger charge is 2.27. The lowest BCUT2D eigenvalue weighted by Crippen LogP contribution is -2.47. The van der Waals surface area contributed by atoms with Crippen LogP contribution < -0.4 is 42.1 Å². The topological polar surface area (TPSA) is 324 Å². The van der Waals surface area contributed by atoms with Gasteiger partial charge in [0.15, 0.2) is 57.2 Å². The fraction of sp³-hybridized carbons (Fsp3) is 0.367. The van der Waals surface area contributed by atoms with Crippen LogP contribution in [0.3, 0.4) is 0 Å². The zero-order valence-electron chi connectivity index (χ0n) is 52.2. The van der Waals surface area contributed by atoms with E-state index in [0.29, 0.717) is 96.0 Å². The third kappa shape index (κ3) is 14.6. The molecular formula is C60H67F4N17O11S3. The Kier molecular flexibility index (Phi) is 20.2. The van der Waals surface area contributed by atoms with Crippen molar-refractivity contribution in [1.82, 2.24) is 62.3 Å². The van der Waals surface area contributed by atoms with Gasteiger partial charge in [-0.05, 0) is 62.6 Å². The first-order valence-electron chi connectivity index (χ1n) is 29.9. The summed E-state index contributed by atoms with van der Waals surface area (Å²) in [5.74, 6) is -0.601. The number of aryl methyl sites for hydroxylation is 3. The van der Waals surface area contributed by atoms with E-state index >= 15 is 0 Å². The van der Waals surface area contributed by atoms with Crippen LogP contribution in [0, 0.1) is 30.2 Å². The second-order valence-corrected chi connectivity index (χ2v) is 27.0. The number of furan rings is 2. The van der Waals surface area contributed by atoms with Crippen molar-refractivity contribution in [3.05, 3.63) is 135 Å². The number of rotatable bonds is 20. The van der Waals surface area contributed by atoms with Crippen molar-refractivity contribution in [2.24, 2.45) is 14.1 Å². The minimum Gasteiger partial charge on any atom is -0.489 e. The van der Waals surface area contributed by atoms with E-state index < -0.39 is 60.7 Å². The number of imidazole rings is 2. The summed E-state index contributed by atoms with van der Waals surface area (Å²) >= 11 is 0. The number of hydrogen-bond acceptors (Lipinski definition) is 22. The Labute approximate surface area is 544 Å². The Morgan fingerprint density at radius 2 is 1.03 bits per heavy atom. The van der Waals surface area contributed by atoms with E-state index in [1.807, 2.05) is 16.7 Å². The zero-order chi connectivity index (χ0) is 67.4. The molecule has 2 saturated heterocycles. The molecule has 11 aromatic rings. The average Bonchev–Trinajstić information content (AvgIpc) is 1.61. The van der Waals surface area contributed by atoms with Crippen molar-refractivity contribution in [2.75, 3.05) is 111 Å². The van der Waals surface area contributed by atoms with Crippen LogP contribution >= 0.6 is 0 Å². The Bertz CT molecular complexity index is 4870. The lowest BCUT2D eigenvalue weighted by Gasteiger charge is -2.36. The van der Waals surface area contributed by atoms with Crippen LogP contribution in [0.5, 0.6) is 11.5 Å². The van der Waals surface area contributed by atoms with Gasteiger partial charge < -0.3 is 39.6 Å². The Morgan fingerprint density at radius 1 is 0.568 bits per heavy atom. The van der Waals surface area contributed by atoms with E-state index in [1.54, 1.807) is 61.3 Å². The smallest absolute Gasteiger partial charge is 0.330 e. The van der Waals surface area contributed by atoms with Gasteiger partial charge in [-0.2, -0.15) is 27.4 Å². The number of halogens is 4. The summed E-state index contributed by atoms with van der Waals surface area (Å²) in [7, 11) is -2.84. The number of nitrogens with zero attached hydrogens (tertiary/aromatic N) is 15. The molecule has 2 atom stereocenters. The maximum absolute atomic E-state index is 14.7.